The standard InChI is InChI=1S/C7H13NO3S/c1-2-3-6(9)12-4-5(8)7(10)11/h5H,2-4,8H2,1H3,(H,10,11)/t5-/m0/s1. The molecule has 5 heteroatoms. The Labute approximate surface area is 75.5 Å². The highest BCUT2D eigenvalue weighted by molar-refractivity contribution is 8.13. The van der Waals surface area contributed by atoms with Crippen LogP contribution in [0.1, 0.15) is 19.8 Å². The van der Waals surface area contributed by atoms with E-state index in [0.29, 0.717) is 6.42 Å². The van der Waals surface area contributed by atoms with Crippen molar-refractivity contribution in [3.8, 4) is 0 Å². The maximum absolute atomic E-state index is 10.9. The van der Waals surface area contributed by atoms with E-state index >= 15 is 0 Å². The summed E-state index contributed by atoms with van der Waals surface area (Å²) in [6.45, 7) is 1.90. The molecular formula is C7H13NO3S. The van der Waals surface area contributed by atoms with Crippen LogP contribution in [-0.2, 0) is 9.59 Å². The lowest BCUT2D eigenvalue weighted by Gasteiger charge is -2.03. The lowest BCUT2D eigenvalue weighted by atomic mass is 10.4. The molecule has 0 aliphatic carbocycles. The number of nitrogens with two attached hydrogens (primary N) is 1. The van der Waals surface area contributed by atoms with Gasteiger partial charge in [-0.2, -0.15) is 0 Å². The van der Waals surface area contributed by atoms with Gasteiger partial charge in [0.2, 0.25) is 0 Å². The first-order valence-electron chi connectivity index (χ1n) is 3.72. The first-order chi connectivity index (χ1) is 5.57. The summed E-state index contributed by atoms with van der Waals surface area (Å²) < 4.78 is 0. The van der Waals surface area contributed by atoms with Crippen molar-refractivity contribution < 1.29 is 14.7 Å². The van der Waals surface area contributed by atoms with Gasteiger partial charge in [-0.15, -0.1) is 0 Å². The van der Waals surface area contributed by atoms with E-state index in [0.717, 1.165) is 18.2 Å². The van der Waals surface area contributed by atoms with Crippen molar-refractivity contribution >= 4 is 22.8 Å². The molecule has 0 bridgehead atoms. The normalized spacial score (nSPS) is 12.5. The van der Waals surface area contributed by atoms with Crippen molar-refractivity contribution in [2.45, 2.75) is 25.8 Å². The second-order valence-electron chi connectivity index (χ2n) is 2.38. The Bertz CT molecular complexity index is 172. The summed E-state index contributed by atoms with van der Waals surface area (Å²) in [5, 5.41) is 8.38. The molecule has 12 heavy (non-hydrogen) atoms. The molecule has 0 unspecified atom stereocenters. The zero-order valence-corrected chi connectivity index (χ0v) is 7.76. The van der Waals surface area contributed by atoms with Crippen LogP contribution in [0.2, 0.25) is 0 Å². The van der Waals surface area contributed by atoms with Gasteiger partial charge < -0.3 is 10.8 Å². The average molecular weight is 191 g/mol. The van der Waals surface area contributed by atoms with Crippen molar-refractivity contribution in [3.63, 3.8) is 0 Å². The van der Waals surface area contributed by atoms with Crippen molar-refractivity contribution in [3.05, 3.63) is 0 Å². The molecule has 0 heterocycles. The molecule has 0 saturated carbocycles. The number of carbonyl (C=O) groups excluding carboxylic acids is 1. The fourth-order valence-electron chi connectivity index (χ4n) is 0.530. The van der Waals surface area contributed by atoms with Crippen LogP contribution in [0, 0.1) is 0 Å². The van der Waals surface area contributed by atoms with Gasteiger partial charge in [0.15, 0.2) is 5.12 Å². The predicted octanol–water partition coefficient (Wildman–Crippen LogP) is 0.458. The summed E-state index contributed by atoms with van der Waals surface area (Å²) in [4.78, 5) is 21.1. The van der Waals surface area contributed by atoms with Gasteiger partial charge in [-0.3, -0.25) is 9.59 Å². The third-order valence-electron chi connectivity index (χ3n) is 1.20. The zero-order chi connectivity index (χ0) is 9.56. The number of carboxylic acid groups (broad SMARTS) is 1. The van der Waals surface area contributed by atoms with E-state index < -0.39 is 12.0 Å². The first-order valence-corrected chi connectivity index (χ1v) is 4.70. The molecule has 0 aromatic rings. The number of hydrogen-bond acceptors (Lipinski definition) is 4. The molecule has 0 amide bonds. The van der Waals surface area contributed by atoms with E-state index in [-0.39, 0.29) is 10.9 Å². The summed E-state index contributed by atoms with van der Waals surface area (Å²) in [6, 6.07) is -0.934. The summed E-state index contributed by atoms with van der Waals surface area (Å²) >= 11 is 0.993. The molecule has 0 rings (SSSR count). The van der Waals surface area contributed by atoms with E-state index in [1.54, 1.807) is 0 Å². The topological polar surface area (TPSA) is 80.4 Å². The molecular weight excluding hydrogens is 178 g/mol. The molecule has 0 saturated heterocycles. The second-order valence-corrected chi connectivity index (χ2v) is 3.46. The fraction of sp³-hybridized carbons (Fsp3) is 0.714. The van der Waals surface area contributed by atoms with Crippen LogP contribution < -0.4 is 5.73 Å². The SMILES string of the molecule is CCCC(=O)SC[C@H](N)C(=O)O. The van der Waals surface area contributed by atoms with Crippen LogP contribution >= 0.6 is 11.8 Å². The lowest BCUT2D eigenvalue weighted by Crippen LogP contribution is -2.32. The molecule has 0 fully saturated rings. The highest BCUT2D eigenvalue weighted by atomic mass is 32.2. The van der Waals surface area contributed by atoms with E-state index in [1.165, 1.54) is 0 Å². The summed E-state index contributed by atoms with van der Waals surface area (Å²) in [5.41, 5.74) is 5.19. The Morgan fingerprint density at radius 3 is 2.58 bits per heavy atom. The Morgan fingerprint density at radius 1 is 1.58 bits per heavy atom. The minimum Gasteiger partial charge on any atom is -0.480 e. The lowest BCUT2D eigenvalue weighted by molar-refractivity contribution is -0.137. The van der Waals surface area contributed by atoms with Crippen molar-refractivity contribution in [2.75, 3.05) is 5.75 Å². The number of rotatable bonds is 5. The highest BCUT2D eigenvalue weighted by Gasteiger charge is 2.13. The Balaban J connectivity index is 3.54. The summed E-state index contributed by atoms with van der Waals surface area (Å²) in [5.74, 6) is -0.902. The second kappa shape index (κ2) is 6.02. The fourth-order valence-corrected chi connectivity index (χ4v) is 1.39. The third kappa shape index (κ3) is 5.15. The number of carbonyl (C=O) groups is 2. The van der Waals surface area contributed by atoms with Gasteiger partial charge in [-0.05, 0) is 6.42 Å². The number of hydrogen-bond donors (Lipinski definition) is 2. The largest absolute Gasteiger partial charge is 0.480 e. The van der Waals surface area contributed by atoms with Gasteiger partial charge in [0, 0.05) is 12.2 Å². The first kappa shape index (κ1) is 11.4. The van der Waals surface area contributed by atoms with Crippen LogP contribution in [0.5, 0.6) is 0 Å². The number of aliphatic carboxylic acids is 1. The maximum atomic E-state index is 10.9. The minimum absolute atomic E-state index is 0.00852. The van der Waals surface area contributed by atoms with Crippen LogP contribution in [0.3, 0.4) is 0 Å². The molecule has 0 radical (unpaired) electrons. The molecule has 0 spiro atoms. The molecule has 3 N–H and O–H groups in total. The van der Waals surface area contributed by atoms with Crippen LogP contribution in [-0.4, -0.2) is 28.0 Å². The third-order valence-corrected chi connectivity index (χ3v) is 2.25. The van der Waals surface area contributed by atoms with Gasteiger partial charge in [0.25, 0.3) is 0 Å². The van der Waals surface area contributed by atoms with Crippen molar-refractivity contribution in [1.29, 1.82) is 0 Å². The zero-order valence-electron chi connectivity index (χ0n) is 6.95. The number of carboxylic acids is 1. The van der Waals surface area contributed by atoms with Crippen LogP contribution in [0.25, 0.3) is 0 Å². The molecule has 0 aromatic carbocycles. The van der Waals surface area contributed by atoms with Gasteiger partial charge >= 0.3 is 5.97 Å². The Morgan fingerprint density at radius 2 is 2.17 bits per heavy atom. The van der Waals surface area contributed by atoms with Crippen LogP contribution in [0.15, 0.2) is 0 Å². The molecule has 0 aliphatic rings. The maximum Gasteiger partial charge on any atom is 0.321 e. The van der Waals surface area contributed by atoms with Gasteiger partial charge in [-0.1, -0.05) is 18.7 Å². The average Bonchev–Trinajstić information content (AvgIpc) is 2.00. The smallest absolute Gasteiger partial charge is 0.321 e. The highest BCUT2D eigenvalue weighted by Crippen LogP contribution is 2.07. The number of thioether (sulfide) groups is 1. The van der Waals surface area contributed by atoms with E-state index in [4.69, 9.17) is 10.8 Å². The van der Waals surface area contributed by atoms with Crippen molar-refractivity contribution in [1.82, 2.24) is 0 Å². The monoisotopic (exact) mass is 191 g/mol. The predicted molar refractivity (Wildman–Crippen MR) is 48.0 cm³/mol. The molecule has 70 valence electrons. The molecule has 0 aliphatic heterocycles. The van der Waals surface area contributed by atoms with E-state index in [2.05, 4.69) is 0 Å². The summed E-state index contributed by atoms with van der Waals surface area (Å²) in [7, 11) is 0. The summed E-state index contributed by atoms with van der Waals surface area (Å²) in [6.07, 6.45) is 1.27. The molecule has 1 atom stereocenters. The van der Waals surface area contributed by atoms with E-state index in [1.807, 2.05) is 6.92 Å². The quantitative estimate of drug-likeness (QED) is 0.659. The molecule has 0 aromatic heterocycles. The van der Waals surface area contributed by atoms with Gasteiger partial charge in [0.1, 0.15) is 6.04 Å². The van der Waals surface area contributed by atoms with Crippen molar-refractivity contribution in [2.24, 2.45) is 5.73 Å². The Kier molecular flexibility index (Phi) is 5.74. The van der Waals surface area contributed by atoms with Crippen LogP contribution in [0.4, 0.5) is 0 Å². The molecule has 4 nitrogen and oxygen atoms in total. The minimum atomic E-state index is -1.06. The Hall–Kier alpha value is -0.550. The van der Waals surface area contributed by atoms with Gasteiger partial charge in [-0.25, -0.2) is 0 Å². The van der Waals surface area contributed by atoms with Gasteiger partial charge in [0.05, 0.1) is 0 Å². The van der Waals surface area contributed by atoms with E-state index in [9.17, 15) is 9.59 Å².